The normalized spacial score (nSPS) is 10.8. The number of nitrogens with zero attached hydrogens (tertiary/aromatic N) is 3. The third kappa shape index (κ3) is 4.05. The maximum atomic E-state index is 12.1. The van der Waals surface area contributed by atoms with Crippen molar-refractivity contribution in [1.29, 1.82) is 0 Å². The van der Waals surface area contributed by atoms with Gasteiger partial charge in [-0.15, -0.1) is 0 Å². The van der Waals surface area contributed by atoms with E-state index in [4.69, 9.17) is 10.2 Å². The molecule has 124 valence electrons. The lowest BCUT2D eigenvalue weighted by atomic mass is 10.2. The third-order valence-corrected chi connectivity index (χ3v) is 3.23. The van der Waals surface area contributed by atoms with E-state index in [9.17, 15) is 14.4 Å². The molecule has 23 heavy (non-hydrogen) atoms. The first-order valence-electron chi connectivity index (χ1n) is 7.04. The van der Waals surface area contributed by atoms with Crippen LogP contribution >= 0.6 is 0 Å². The second kappa shape index (κ2) is 6.90. The quantitative estimate of drug-likeness (QED) is 0.371. The Morgan fingerprint density at radius 3 is 2.74 bits per heavy atom. The van der Waals surface area contributed by atoms with Crippen LogP contribution in [0.2, 0.25) is 0 Å². The molecular formula is C13H18N5O5+. The Labute approximate surface area is 130 Å². The van der Waals surface area contributed by atoms with Gasteiger partial charge in [0.25, 0.3) is 11.5 Å². The average molecular weight is 324 g/mol. The molecule has 0 saturated carbocycles. The summed E-state index contributed by atoms with van der Waals surface area (Å²) in [6.07, 6.45) is 2.71. The number of imidazole rings is 1. The van der Waals surface area contributed by atoms with Crippen LogP contribution in [0.5, 0.6) is 0 Å². The van der Waals surface area contributed by atoms with Crippen molar-refractivity contribution in [3.63, 3.8) is 0 Å². The number of aliphatic carboxylic acids is 2. The van der Waals surface area contributed by atoms with Crippen molar-refractivity contribution in [2.45, 2.75) is 25.8 Å². The Balaban J connectivity index is 2.17. The van der Waals surface area contributed by atoms with E-state index in [-0.39, 0.29) is 35.6 Å². The molecule has 0 radical (unpaired) electrons. The molecule has 0 saturated heterocycles. The summed E-state index contributed by atoms with van der Waals surface area (Å²) >= 11 is 0. The van der Waals surface area contributed by atoms with Crippen LogP contribution in [0, 0.1) is 0 Å². The minimum atomic E-state index is -1.03. The predicted molar refractivity (Wildman–Crippen MR) is 79.1 cm³/mol. The molecule has 2 aromatic heterocycles. The maximum Gasteiger partial charge on any atom is 0.338 e. The number of anilines is 1. The molecule has 0 unspecified atom stereocenters. The van der Waals surface area contributed by atoms with Gasteiger partial charge in [0.2, 0.25) is 5.52 Å². The van der Waals surface area contributed by atoms with Crippen molar-refractivity contribution in [2.24, 2.45) is 7.05 Å². The summed E-state index contributed by atoms with van der Waals surface area (Å²) in [5.41, 5.74) is 0.170. The van der Waals surface area contributed by atoms with Crippen LogP contribution in [0.25, 0.3) is 11.2 Å². The SMILES string of the molecule is Cn1c[n+](CC(=O)O)c2nc(NCCCCC(=O)O)[nH]c(=O)c21. The van der Waals surface area contributed by atoms with E-state index < -0.39 is 11.9 Å². The van der Waals surface area contributed by atoms with Crippen LogP contribution in [-0.2, 0) is 23.2 Å². The summed E-state index contributed by atoms with van der Waals surface area (Å²) < 4.78 is 2.89. The molecule has 10 heteroatoms. The van der Waals surface area contributed by atoms with Crippen LogP contribution in [0.1, 0.15) is 19.3 Å². The van der Waals surface area contributed by atoms with E-state index in [1.165, 1.54) is 15.5 Å². The fraction of sp³-hybridized carbons (Fsp3) is 0.462. The van der Waals surface area contributed by atoms with Gasteiger partial charge in [-0.2, -0.15) is 0 Å². The van der Waals surface area contributed by atoms with E-state index in [0.29, 0.717) is 19.4 Å². The average Bonchev–Trinajstić information content (AvgIpc) is 2.74. The van der Waals surface area contributed by atoms with Crippen LogP contribution < -0.4 is 15.4 Å². The zero-order valence-electron chi connectivity index (χ0n) is 12.6. The molecule has 10 nitrogen and oxygen atoms in total. The molecule has 0 amide bonds. The molecule has 2 rings (SSSR count). The fourth-order valence-electron chi connectivity index (χ4n) is 2.25. The van der Waals surface area contributed by atoms with Gasteiger partial charge in [0.05, 0.1) is 7.05 Å². The summed E-state index contributed by atoms with van der Waals surface area (Å²) in [5.74, 6) is -1.66. The maximum absolute atomic E-state index is 12.1. The predicted octanol–water partition coefficient (Wildman–Crippen LogP) is -0.699. The Kier molecular flexibility index (Phi) is 4.94. The van der Waals surface area contributed by atoms with Gasteiger partial charge in [-0.1, -0.05) is 4.98 Å². The molecule has 0 aliphatic carbocycles. The number of aromatic amines is 1. The first kappa shape index (κ1) is 16.5. The number of carbonyl (C=O) groups is 2. The monoisotopic (exact) mass is 324 g/mol. The second-order valence-corrected chi connectivity index (χ2v) is 5.11. The number of nitrogens with one attached hydrogen (secondary N) is 2. The molecule has 2 heterocycles. The number of carboxylic acids is 2. The van der Waals surface area contributed by atoms with Gasteiger partial charge in [-0.25, -0.2) is 9.36 Å². The standard InChI is InChI=1S/C13H17N5O5/c1-17-7-18(6-9(21)22)11-10(17)12(23)16-13(15-11)14-5-3-2-4-8(19)20/h7H,2-6H2,1H3,(H3-,14,15,16,19,20,21,22,23)/p+1. The molecule has 0 atom stereocenters. The van der Waals surface area contributed by atoms with Gasteiger partial charge in [0.15, 0.2) is 12.9 Å². The molecule has 0 aliphatic rings. The minimum Gasteiger partial charge on any atom is -0.481 e. The Bertz CT molecular complexity index is 794. The number of aryl methyl sites for hydroxylation is 1. The van der Waals surface area contributed by atoms with Gasteiger partial charge in [-0.3, -0.25) is 19.1 Å². The fourth-order valence-corrected chi connectivity index (χ4v) is 2.25. The summed E-state index contributed by atoms with van der Waals surface area (Å²) in [7, 11) is 1.64. The molecule has 0 fully saturated rings. The number of rotatable bonds is 8. The van der Waals surface area contributed by atoms with Crippen molar-refractivity contribution in [3.05, 3.63) is 16.7 Å². The number of H-pyrrole nitrogens is 1. The molecule has 0 aromatic carbocycles. The second-order valence-electron chi connectivity index (χ2n) is 5.11. The lowest BCUT2D eigenvalue weighted by Gasteiger charge is -2.01. The first-order chi connectivity index (χ1) is 10.9. The third-order valence-electron chi connectivity index (χ3n) is 3.23. The van der Waals surface area contributed by atoms with Crippen LogP contribution in [0.4, 0.5) is 5.95 Å². The van der Waals surface area contributed by atoms with Crippen molar-refractivity contribution >= 4 is 29.1 Å². The van der Waals surface area contributed by atoms with Gasteiger partial charge < -0.3 is 15.5 Å². The van der Waals surface area contributed by atoms with Crippen LogP contribution in [0.15, 0.2) is 11.1 Å². The largest absolute Gasteiger partial charge is 0.481 e. The smallest absolute Gasteiger partial charge is 0.338 e. The lowest BCUT2D eigenvalue weighted by molar-refractivity contribution is -0.662. The minimum absolute atomic E-state index is 0.0853. The van der Waals surface area contributed by atoms with Crippen LogP contribution in [-0.4, -0.2) is 43.2 Å². The summed E-state index contributed by atoms with van der Waals surface area (Å²) in [5, 5.41) is 20.4. The van der Waals surface area contributed by atoms with Gasteiger partial charge in [0.1, 0.15) is 0 Å². The number of aromatic nitrogens is 4. The van der Waals surface area contributed by atoms with Gasteiger partial charge in [-0.05, 0) is 12.8 Å². The Morgan fingerprint density at radius 1 is 1.35 bits per heavy atom. The highest BCUT2D eigenvalue weighted by atomic mass is 16.4. The molecule has 2 aromatic rings. The number of carboxylic acid groups (broad SMARTS) is 2. The van der Waals surface area contributed by atoms with E-state index in [1.807, 2.05) is 0 Å². The Hall–Kier alpha value is -2.91. The molecule has 0 spiro atoms. The van der Waals surface area contributed by atoms with Crippen molar-refractivity contribution < 1.29 is 24.4 Å². The summed E-state index contributed by atoms with van der Waals surface area (Å²) in [4.78, 5) is 40.2. The number of hydrogen-bond donors (Lipinski definition) is 4. The number of unbranched alkanes of at least 4 members (excludes halogenated alkanes) is 1. The zero-order valence-corrected chi connectivity index (χ0v) is 12.6. The van der Waals surface area contributed by atoms with Crippen LogP contribution in [0.3, 0.4) is 0 Å². The molecular weight excluding hydrogens is 306 g/mol. The molecule has 0 aliphatic heterocycles. The highest BCUT2D eigenvalue weighted by molar-refractivity contribution is 5.69. The number of hydrogen-bond acceptors (Lipinski definition) is 5. The lowest BCUT2D eigenvalue weighted by Crippen LogP contribution is -2.37. The van der Waals surface area contributed by atoms with E-state index in [1.54, 1.807) is 7.05 Å². The summed E-state index contributed by atoms with van der Waals surface area (Å²) in [6, 6.07) is 0. The van der Waals surface area contributed by atoms with E-state index in [0.717, 1.165) is 0 Å². The Morgan fingerprint density at radius 2 is 2.09 bits per heavy atom. The molecule has 4 N–H and O–H groups in total. The van der Waals surface area contributed by atoms with Crippen molar-refractivity contribution in [2.75, 3.05) is 11.9 Å². The topological polar surface area (TPSA) is 141 Å². The van der Waals surface area contributed by atoms with E-state index in [2.05, 4.69) is 15.3 Å². The molecule has 0 bridgehead atoms. The zero-order chi connectivity index (χ0) is 17.0. The van der Waals surface area contributed by atoms with Gasteiger partial charge >= 0.3 is 17.6 Å². The van der Waals surface area contributed by atoms with Crippen molar-refractivity contribution in [3.8, 4) is 0 Å². The van der Waals surface area contributed by atoms with Gasteiger partial charge in [0, 0.05) is 13.0 Å². The number of fused-ring (bicyclic) bond motifs is 1. The highest BCUT2D eigenvalue weighted by Crippen LogP contribution is 2.05. The van der Waals surface area contributed by atoms with E-state index >= 15 is 0 Å². The highest BCUT2D eigenvalue weighted by Gasteiger charge is 2.21. The first-order valence-corrected chi connectivity index (χ1v) is 7.04. The summed E-state index contributed by atoms with van der Waals surface area (Å²) in [6.45, 7) is 0.152. The van der Waals surface area contributed by atoms with Crippen molar-refractivity contribution in [1.82, 2.24) is 14.5 Å².